The molecular formula is C8H9ClN3+. The molecule has 1 aromatic carbocycles. The minimum atomic E-state index is 0.588. The van der Waals surface area contributed by atoms with Gasteiger partial charge in [0.1, 0.15) is 5.69 Å². The lowest BCUT2D eigenvalue weighted by Gasteiger charge is -2.10. The molecule has 0 spiro atoms. The first-order valence-electron chi connectivity index (χ1n) is 3.67. The maximum atomic E-state index is 5.82. The summed E-state index contributed by atoms with van der Waals surface area (Å²) in [6.07, 6.45) is 0. The molecule has 2 rings (SSSR count). The van der Waals surface area contributed by atoms with Crippen LogP contribution in [0.1, 0.15) is 5.56 Å². The van der Waals surface area contributed by atoms with E-state index >= 15 is 0 Å². The number of rotatable bonds is 0. The number of fused-ring (bicyclic) bond motifs is 1. The third kappa shape index (κ3) is 1.23. The fraction of sp³-hybridized carbons (Fsp3) is 0.125. The van der Waals surface area contributed by atoms with E-state index in [2.05, 4.69) is 10.3 Å². The zero-order valence-corrected chi connectivity index (χ0v) is 7.15. The highest BCUT2D eigenvalue weighted by Gasteiger charge is 2.13. The van der Waals surface area contributed by atoms with Crippen molar-refractivity contribution in [2.24, 2.45) is 5.73 Å². The van der Waals surface area contributed by atoms with Crippen LogP contribution in [0, 0.1) is 0 Å². The summed E-state index contributed by atoms with van der Waals surface area (Å²) in [6, 6.07) is 5.68. The number of hydrogen-bond acceptors (Lipinski definition) is 2. The molecule has 0 fully saturated rings. The van der Waals surface area contributed by atoms with Crippen molar-refractivity contribution in [3.05, 3.63) is 28.8 Å². The number of nitrogens with two attached hydrogens (primary N) is 1. The molecule has 0 atom stereocenters. The molecule has 1 aromatic rings. The molecule has 4 N–H and O–H groups in total. The first-order chi connectivity index (χ1) is 5.75. The van der Waals surface area contributed by atoms with Crippen molar-refractivity contribution in [3.63, 3.8) is 0 Å². The van der Waals surface area contributed by atoms with Gasteiger partial charge >= 0.3 is 5.96 Å². The zero-order chi connectivity index (χ0) is 8.55. The lowest BCUT2D eigenvalue weighted by atomic mass is 10.1. The van der Waals surface area contributed by atoms with Crippen molar-refractivity contribution in [3.8, 4) is 0 Å². The number of anilines is 1. The van der Waals surface area contributed by atoms with E-state index < -0.39 is 0 Å². The zero-order valence-electron chi connectivity index (χ0n) is 6.39. The summed E-state index contributed by atoms with van der Waals surface area (Å²) in [4.78, 5) is 2.99. The highest BCUT2D eigenvalue weighted by Crippen LogP contribution is 2.20. The number of nitrogens with one attached hydrogen (secondary N) is 2. The largest absolute Gasteiger partial charge is 0.346 e. The Balaban J connectivity index is 2.43. The smallest absolute Gasteiger partial charge is 0.291 e. The Labute approximate surface area is 75.2 Å². The highest BCUT2D eigenvalue weighted by atomic mass is 35.5. The van der Waals surface area contributed by atoms with Gasteiger partial charge in [0.15, 0.2) is 0 Å². The summed E-state index contributed by atoms with van der Waals surface area (Å²) in [5.74, 6) is 0.588. The van der Waals surface area contributed by atoms with Crippen LogP contribution in [0.25, 0.3) is 0 Å². The van der Waals surface area contributed by atoms with E-state index in [1.807, 2.05) is 18.2 Å². The molecule has 12 heavy (non-hydrogen) atoms. The molecule has 62 valence electrons. The van der Waals surface area contributed by atoms with Crippen molar-refractivity contribution < 1.29 is 4.99 Å². The van der Waals surface area contributed by atoms with Gasteiger partial charge in [-0.05, 0) is 18.2 Å². The number of guanidine groups is 1. The molecule has 1 aliphatic rings. The van der Waals surface area contributed by atoms with Crippen LogP contribution in [-0.4, -0.2) is 5.96 Å². The second-order valence-electron chi connectivity index (χ2n) is 2.69. The molecule has 4 heteroatoms. The van der Waals surface area contributed by atoms with E-state index in [0.717, 1.165) is 22.8 Å². The summed E-state index contributed by atoms with van der Waals surface area (Å²) >= 11 is 5.82. The lowest BCUT2D eigenvalue weighted by Crippen LogP contribution is -2.77. The Kier molecular flexibility index (Phi) is 1.66. The number of hydrogen-bond donors (Lipinski definition) is 3. The number of halogens is 1. The van der Waals surface area contributed by atoms with Gasteiger partial charge in [-0.1, -0.05) is 11.6 Å². The molecular weight excluding hydrogens is 174 g/mol. The molecule has 0 radical (unpaired) electrons. The molecule has 0 saturated heterocycles. The molecule has 3 nitrogen and oxygen atoms in total. The van der Waals surface area contributed by atoms with Gasteiger partial charge in [0.05, 0.1) is 6.54 Å². The molecule has 0 unspecified atom stereocenters. The Morgan fingerprint density at radius 1 is 1.50 bits per heavy atom. The normalized spacial score (nSPS) is 14.6. The van der Waals surface area contributed by atoms with E-state index in [4.69, 9.17) is 17.3 Å². The molecule has 0 aromatic heterocycles. The third-order valence-electron chi connectivity index (χ3n) is 1.81. The van der Waals surface area contributed by atoms with Gasteiger partial charge < -0.3 is 0 Å². The second-order valence-corrected chi connectivity index (χ2v) is 3.13. The van der Waals surface area contributed by atoms with Crippen LogP contribution in [0.4, 0.5) is 5.69 Å². The third-order valence-corrected chi connectivity index (χ3v) is 2.04. The van der Waals surface area contributed by atoms with Crippen LogP contribution in [0.5, 0.6) is 0 Å². The summed E-state index contributed by atoms with van der Waals surface area (Å²) in [5, 5.41) is 3.76. The van der Waals surface area contributed by atoms with E-state index in [9.17, 15) is 0 Å². The van der Waals surface area contributed by atoms with Crippen LogP contribution >= 0.6 is 11.6 Å². The first-order valence-corrected chi connectivity index (χ1v) is 4.05. The summed E-state index contributed by atoms with van der Waals surface area (Å²) in [7, 11) is 0. The van der Waals surface area contributed by atoms with Crippen LogP contribution < -0.4 is 16.0 Å². The van der Waals surface area contributed by atoms with Crippen molar-refractivity contribution in [2.45, 2.75) is 6.54 Å². The van der Waals surface area contributed by atoms with Crippen molar-refractivity contribution >= 4 is 23.2 Å². The second kappa shape index (κ2) is 2.68. The van der Waals surface area contributed by atoms with Crippen molar-refractivity contribution in [1.82, 2.24) is 0 Å². The van der Waals surface area contributed by atoms with E-state index in [0.29, 0.717) is 5.96 Å². The maximum Gasteiger partial charge on any atom is 0.346 e. The predicted molar refractivity (Wildman–Crippen MR) is 48.9 cm³/mol. The Bertz CT molecular complexity index is 346. The van der Waals surface area contributed by atoms with Crippen molar-refractivity contribution in [1.29, 1.82) is 0 Å². The molecule has 0 bridgehead atoms. The molecule has 1 aliphatic heterocycles. The molecule has 0 aliphatic carbocycles. The average Bonchev–Trinajstić information content (AvgIpc) is 2.05. The molecule has 0 amide bonds. The Morgan fingerprint density at radius 2 is 2.33 bits per heavy atom. The first kappa shape index (κ1) is 7.43. The summed E-state index contributed by atoms with van der Waals surface area (Å²) in [5.41, 5.74) is 7.71. The Hall–Kier alpha value is -1.22. The SMILES string of the molecule is NC1=[NH+]Cc2cc(Cl)ccc2N1. The topological polar surface area (TPSA) is 52.0 Å². The van der Waals surface area contributed by atoms with E-state index in [1.165, 1.54) is 0 Å². The van der Waals surface area contributed by atoms with Gasteiger partial charge in [0.25, 0.3) is 0 Å². The lowest BCUT2D eigenvalue weighted by molar-refractivity contribution is -0.477. The minimum absolute atomic E-state index is 0.588. The summed E-state index contributed by atoms with van der Waals surface area (Å²) < 4.78 is 0. The number of benzene rings is 1. The maximum absolute atomic E-state index is 5.82. The van der Waals surface area contributed by atoms with Gasteiger partial charge in [0.2, 0.25) is 0 Å². The molecule has 0 saturated carbocycles. The fourth-order valence-electron chi connectivity index (χ4n) is 1.21. The van der Waals surface area contributed by atoms with Gasteiger partial charge in [-0.3, -0.25) is 10.7 Å². The predicted octanol–water partition coefficient (Wildman–Crippen LogP) is -0.339. The van der Waals surface area contributed by atoms with Crippen LogP contribution in [-0.2, 0) is 6.54 Å². The van der Waals surface area contributed by atoms with E-state index in [-0.39, 0.29) is 0 Å². The van der Waals surface area contributed by atoms with Gasteiger partial charge in [-0.25, -0.2) is 5.32 Å². The molecule has 1 heterocycles. The van der Waals surface area contributed by atoms with E-state index in [1.54, 1.807) is 0 Å². The van der Waals surface area contributed by atoms with Gasteiger partial charge in [0, 0.05) is 10.6 Å². The van der Waals surface area contributed by atoms with Crippen LogP contribution in [0.15, 0.2) is 18.2 Å². The van der Waals surface area contributed by atoms with Gasteiger partial charge in [-0.15, -0.1) is 0 Å². The van der Waals surface area contributed by atoms with Crippen LogP contribution in [0.2, 0.25) is 5.02 Å². The van der Waals surface area contributed by atoms with Gasteiger partial charge in [-0.2, -0.15) is 0 Å². The monoisotopic (exact) mass is 182 g/mol. The minimum Gasteiger partial charge on any atom is -0.291 e. The fourth-order valence-corrected chi connectivity index (χ4v) is 1.40. The quantitative estimate of drug-likeness (QED) is 0.514. The Morgan fingerprint density at radius 3 is 3.17 bits per heavy atom. The summed E-state index contributed by atoms with van der Waals surface area (Å²) in [6.45, 7) is 0.731. The average molecular weight is 183 g/mol. The standard InChI is InChI=1S/C8H8ClN3/c9-6-1-2-7-5(3-6)4-11-8(10)12-7/h1-3H,4H2,(H3,10,11,12)/p+1. The van der Waals surface area contributed by atoms with Crippen LogP contribution in [0.3, 0.4) is 0 Å². The van der Waals surface area contributed by atoms with Crippen molar-refractivity contribution in [2.75, 3.05) is 5.32 Å². The highest BCUT2D eigenvalue weighted by molar-refractivity contribution is 6.30.